The molecule has 4 aliphatic heterocycles. The second-order valence-corrected chi connectivity index (χ2v) is 22.0. The summed E-state index contributed by atoms with van der Waals surface area (Å²) < 4.78 is 0. The summed E-state index contributed by atoms with van der Waals surface area (Å²) in [7, 11) is 0. The molecule has 3 nitrogen and oxygen atoms in total. The minimum atomic E-state index is -0.349. The number of anilines is 7. The maximum Gasteiger partial charge on any atom is 0.252 e. The lowest BCUT2D eigenvalue weighted by atomic mass is 9.33. The summed E-state index contributed by atoms with van der Waals surface area (Å²) in [6.45, 7) is 7.81. The molecule has 4 atom stereocenters. The van der Waals surface area contributed by atoms with Gasteiger partial charge in [0.15, 0.2) is 0 Å². The van der Waals surface area contributed by atoms with E-state index in [9.17, 15) is 0 Å². The van der Waals surface area contributed by atoms with Crippen molar-refractivity contribution in [2.24, 2.45) is 0 Å². The Morgan fingerprint density at radius 2 is 1.06 bits per heavy atom. The predicted octanol–water partition coefficient (Wildman–Crippen LogP) is 14.7. The van der Waals surface area contributed by atoms with Gasteiger partial charge in [0.25, 0.3) is 6.71 Å². The number of benzene rings is 9. The van der Waals surface area contributed by atoms with Crippen LogP contribution in [0.1, 0.15) is 80.7 Å². The van der Waals surface area contributed by atoms with E-state index in [-0.39, 0.29) is 28.6 Å². The number of nitrogens with zero attached hydrogens (tertiary/aromatic N) is 3. The summed E-state index contributed by atoms with van der Waals surface area (Å²) in [4.78, 5) is 8.37. The van der Waals surface area contributed by atoms with Gasteiger partial charge in [-0.2, -0.15) is 0 Å². The summed E-state index contributed by atoms with van der Waals surface area (Å²) in [5, 5.41) is 0. The third-order valence-corrected chi connectivity index (χ3v) is 19.0. The Morgan fingerprint density at radius 3 is 1.85 bits per heavy atom. The van der Waals surface area contributed by atoms with E-state index in [2.05, 4.69) is 248 Å². The van der Waals surface area contributed by atoms with E-state index in [1.54, 1.807) is 0 Å². The molecule has 1 fully saturated rings. The van der Waals surface area contributed by atoms with Gasteiger partial charge >= 0.3 is 0 Å². The molecule has 4 heterocycles. The second kappa shape index (κ2) is 14.7. The first kappa shape index (κ1) is 41.2. The fourth-order valence-corrected chi connectivity index (χ4v) is 15.6. The van der Waals surface area contributed by atoms with Crippen LogP contribution >= 0.6 is 0 Å². The molecule has 342 valence electrons. The van der Waals surface area contributed by atoms with Crippen LogP contribution in [-0.2, 0) is 22.8 Å². The molecule has 0 aromatic heterocycles. The molecule has 6 aliphatic rings. The van der Waals surface area contributed by atoms with Crippen molar-refractivity contribution in [2.45, 2.75) is 81.2 Å². The number of aryl methyl sites for hydroxylation is 1. The molecular formula is C67H56BN3. The number of hydrogen-bond donors (Lipinski definition) is 0. The Hall–Kier alpha value is -7.56. The van der Waals surface area contributed by atoms with Crippen LogP contribution in [0, 0.1) is 0 Å². The van der Waals surface area contributed by atoms with Crippen molar-refractivity contribution in [1.29, 1.82) is 0 Å². The smallest absolute Gasteiger partial charge is 0.252 e. The summed E-state index contributed by atoms with van der Waals surface area (Å²) >= 11 is 0. The van der Waals surface area contributed by atoms with Gasteiger partial charge in [0.1, 0.15) is 0 Å². The summed E-state index contributed by atoms with van der Waals surface area (Å²) in [5.41, 5.74) is 24.5. The lowest BCUT2D eigenvalue weighted by Crippen LogP contribution is -2.64. The van der Waals surface area contributed by atoms with Crippen molar-refractivity contribution in [2.75, 3.05) is 14.7 Å². The molecule has 15 rings (SSSR count). The highest BCUT2D eigenvalue weighted by molar-refractivity contribution is 7.00. The van der Waals surface area contributed by atoms with Crippen molar-refractivity contribution in [1.82, 2.24) is 0 Å². The maximum absolute atomic E-state index is 2.88. The van der Waals surface area contributed by atoms with E-state index in [1.807, 2.05) is 0 Å². The van der Waals surface area contributed by atoms with E-state index in [1.165, 1.54) is 119 Å². The third kappa shape index (κ3) is 5.25. The second-order valence-electron chi connectivity index (χ2n) is 22.0. The zero-order valence-corrected chi connectivity index (χ0v) is 40.9. The molecule has 4 heteroatoms. The SMILES string of the molecule is CC12CCc3ccccc3C1(C)N1c3cc(N4c5ccccc5C5(c6ccccc6)CCCCC45C)cc4c3B(c3ccc(-c5ccccc5)cc3N4c3cccc(-c4ccccc4)c3)c3cccc2c31. The van der Waals surface area contributed by atoms with Crippen LogP contribution < -0.4 is 31.1 Å². The topological polar surface area (TPSA) is 9.72 Å². The van der Waals surface area contributed by atoms with Crippen LogP contribution in [0.4, 0.5) is 39.8 Å². The van der Waals surface area contributed by atoms with Crippen LogP contribution in [0.3, 0.4) is 0 Å². The van der Waals surface area contributed by atoms with Crippen LogP contribution in [0.2, 0.25) is 0 Å². The molecule has 1 saturated carbocycles. The summed E-state index contributed by atoms with van der Waals surface area (Å²) in [6.07, 6.45) is 6.77. The van der Waals surface area contributed by atoms with E-state index in [0.29, 0.717) is 0 Å². The molecule has 0 amide bonds. The Bertz CT molecular complexity index is 3650. The van der Waals surface area contributed by atoms with Gasteiger partial charge in [-0.05, 0) is 142 Å². The lowest BCUT2D eigenvalue weighted by molar-refractivity contribution is 0.215. The van der Waals surface area contributed by atoms with Crippen molar-refractivity contribution < 1.29 is 0 Å². The molecule has 0 radical (unpaired) electrons. The van der Waals surface area contributed by atoms with E-state index in [4.69, 9.17) is 0 Å². The van der Waals surface area contributed by atoms with Crippen molar-refractivity contribution in [3.8, 4) is 22.3 Å². The van der Waals surface area contributed by atoms with E-state index < -0.39 is 0 Å². The predicted molar refractivity (Wildman–Crippen MR) is 297 cm³/mol. The summed E-state index contributed by atoms with van der Waals surface area (Å²) in [5.74, 6) is 0. The first-order valence-electron chi connectivity index (χ1n) is 26.1. The van der Waals surface area contributed by atoms with Crippen LogP contribution in [0.25, 0.3) is 22.3 Å². The Labute approximate surface area is 419 Å². The van der Waals surface area contributed by atoms with Crippen LogP contribution in [-0.4, -0.2) is 12.3 Å². The van der Waals surface area contributed by atoms with Gasteiger partial charge in [-0.3, -0.25) is 0 Å². The normalized spacial score (nSPS) is 23.8. The quantitative estimate of drug-likeness (QED) is 0.159. The molecule has 2 aliphatic carbocycles. The van der Waals surface area contributed by atoms with Crippen molar-refractivity contribution in [3.63, 3.8) is 0 Å². The molecule has 0 spiro atoms. The van der Waals surface area contributed by atoms with Gasteiger partial charge in [-0.1, -0.05) is 196 Å². The largest absolute Gasteiger partial charge is 0.334 e. The zero-order valence-electron chi connectivity index (χ0n) is 40.9. The van der Waals surface area contributed by atoms with Crippen LogP contribution in [0.5, 0.6) is 0 Å². The van der Waals surface area contributed by atoms with Gasteiger partial charge < -0.3 is 14.7 Å². The molecular weight excluding hydrogens is 858 g/mol. The molecule has 4 unspecified atom stereocenters. The summed E-state index contributed by atoms with van der Waals surface area (Å²) in [6, 6.07) is 81.6. The average Bonchev–Trinajstić information content (AvgIpc) is 3.80. The standard InChI is InChI=1S/C67H56BN3/c1-64-40-37-47-25-13-14-30-53(47)66(64,3)71-61-44-52(70-58-34-16-15-31-54(58)67(50-27-11-6-12-28-50)39-18-17-38-65(67,70)2)43-60-62(61)68(57-33-20-32-55(64)63(57)71)56-36-35-49(46-23-9-5-10-24-46)42-59(56)69(60)51-29-19-26-48(41-51)45-21-7-4-8-22-45/h4-16,19-36,41-44H,17-18,37-40H2,1-3H3. The van der Waals surface area contributed by atoms with Gasteiger partial charge in [0.2, 0.25) is 0 Å². The van der Waals surface area contributed by atoms with Gasteiger partial charge in [0.05, 0.1) is 11.1 Å². The van der Waals surface area contributed by atoms with E-state index >= 15 is 0 Å². The first-order valence-corrected chi connectivity index (χ1v) is 26.1. The van der Waals surface area contributed by atoms with Gasteiger partial charge in [-0.25, -0.2) is 0 Å². The molecule has 0 bridgehead atoms. The Kier molecular flexibility index (Phi) is 8.57. The number of fused-ring (bicyclic) bond motifs is 12. The monoisotopic (exact) mass is 913 g/mol. The minimum absolute atomic E-state index is 0.0239. The third-order valence-electron chi connectivity index (χ3n) is 19.0. The van der Waals surface area contributed by atoms with Gasteiger partial charge in [0, 0.05) is 50.6 Å². The fourth-order valence-electron chi connectivity index (χ4n) is 15.6. The minimum Gasteiger partial charge on any atom is -0.334 e. The highest BCUT2D eigenvalue weighted by atomic mass is 15.3. The molecule has 9 aromatic carbocycles. The number of rotatable bonds is 5. The lowest BCUT2D eigenvalue weighted by Gasteiger charge is -2.54. The molecule has 0 saturated heterocycles. The zero-order chi connectivity index (χ0) is 47.3. The average molecular weight is 914 g/mol. The fraction of sp³-hybridized carbons (Fsp3) is 0.194. The Balaban J connectivity index is 1.07. The molecule has 71 heavy (non-hydrogen) atoms. The van der Waals surface area contributed by atoms with Gasteiger partial charge in [-0.15, -0.1) is 0 Å². The maximum atomic E-state index is 2.88. The Morgan fingerprint density at radius 1 is 0.423 bits per heavy atom. The first-order chi connectivity index (χ1) is 34.8. The molecule has 0 N–H and O–H groups in total. The van der Waals surface area contributed by atoms with E-state index in [0.717, 1.165) is 25.7 Å². The highest BCUT2D eigenvalue weighted by Crippen LogP contribution is 2.67. The number of hydrogen-bond acceptors (Lipinski definition) is 3. The van der Waals surface area contributed by atoms with Crippen molar-refractivity contribution >= 4 is 62.9 Å². The molecule has 9 aromatic rings. The van der Waals surface area contributed by atoms with Crippen LogP contribution in [0.15, 0.2) is 212 Å². The number of para-hydroxylation sites is 2. The van der Waals surface area contributed by atoms with Crippen molar-refractivity contribution in [3.05, 3.63) is 240 Å². The highest BCUT2D eigenvalue weighted by Gasteiger charge is 2.64.